The first-order valence-electron chi connectivity index (χ1n) is 20.2. The molecular weight excluding hydrogens is 836 g/mol. The van der Waals surface area contributed by atoms with Crippen molar-refractivity contribution in [1.29, 1.82) is 0 Å². The van der Waals surface area contributed by atoms with Gasteiger partial charge in [-0.1, -0.05) is 44.2 Å². The van der Waals surface area contributed by atoms with Crippen LogP contribution in [0.3, 0.4) is 0 Å². The van der Waals surface area contributed by atoms with Crippen molar-refractivity contribution in [2.75, 3.05) is 31.9 Å². The Morgan fingerprint density at radius 3 is 2.46 bits per heavy atom. The number of aliphatic carboxylic acids is 1. The molecule has 6 N–H and O–H groups in total. The molecule has 1 aromatic heterocycles. The van der Waals surface area contributed by atoms with E-state index in [1.54, 1.807) is 24.6 Å². The highest BCUT2D eigenvalue weighted by Gasteiger charge is 2.71. The summed E-state index contributed by atoms with van der Waals surface area (Å²) in [4.78, 5) is 68.8. The molecule has 4 amide bonds. The van der Waals surface area contributed by atoms with Crippen molar-refractivity contribution in [3.63, 3.8) is 0 Å². The number of aliphatic hydroxyl groups is 1. The molecule has 8 atom stereocenters. The maximum Gasteiger partial charge on any atom is 0.327 e. The van der Waals surface area contributed by atoms with Gasteiger partial charge in [-0.25, -0.2) is 22.9 Å². The Morgan fingerprint density at radius 2 is 1.80 bits per heavy atom. The summed E-state index contributed by atoms with van der Waals surface area (Å²) >= 11 is 5.65. The third-order valence-corrected chi connectivity index (χ3v) is 14.4. The zero-order chi connectivity index (χ0) is 44.1. The van der Waals surface area contributed by atoms with Crippen LogP contribution in [0.5, 0.6) is 0 Å². The number of nitrogens with zero attached hydrogens (tertiary/aromatic N) is 3. The van der Waals surface area contributed by atoms with E-state index in [1.807, 2.05) is 30.3 Å². The van der Waals surface area contributed by atoms with Gasteiger partial charge in [-0.05, 0) is 43.5 Å². The van der Waals surface area contributed by atoms with E-state index in [1.165, 1.54) is 11.8 Å². The van der Waals surface area contributed by atoms with Crippen molar-refractivity contribution in [3.05, 3.63) is 77.8 Å². The van der Waals surface area contributed by atoms with Gasteiger partial charge in [0.2, 0.25) is 22.7 Å². The number of carboxylic acids is 1. The molecule has 61 heavy (non-hydrogen) atoms. The number of hydrogen-bond donors (Lipinski definition) is 7. The van der Waals surface area contributed by atoms with E-state index in [4.69, 9.17) is 10.1 Å². The SMILES string of the molecule is CC(C)(CC(=O)NCCNC(=O)CC1SC[C@@H](C(=O)O)NC1=O)[C@H](c1nc(-c2cc(F)ccc2F)cn1Cc1ccccc1)N1C[C@@]23CCC2[C@@](C)(F)CNC3[C@](O)(S)C1=O. The van der Waals surface area contributed by atoms with E-state index in [0.29, 0.717) is 12.8 Å². The van der Waals surface area contributed by atoms with E-state index >= 15 is 8.78 Å². The van der Waals surface area contributed by atoms with Gasteiger partial charge in [0, 0.05) is 79.8 Å². The quantitative estimate of drug-likeness (QED) is 0.0719. The summed E-state index contributed by atoms with van der Waals surface area (Å²) in [5.74, 6) is -5.07. The van der Waals surface area contributed by atoms with Crippen LogP contribution in [0.2, 0.25) is 0 Å². The lowest BCUT2D eigenvalue weighted by Crippen LogP contribution is -2.81. The summed E-state index contributed by atoms with van der Waals surface area (Å²) in [6, 6.07) is 9.22. The van der Waals surface area contributed by atoms with Gasteiger partial charge < -0.3 is 40.9 Å². The van der Waals surface area contributed by atoms with Crippen LogP contribution >= 0.6 is 24.4 Å². The topological polar surface area (TPSA) is 195 Å². The molecule has 7 rings (SSSR count). The fraction of sp³-hybridized carbons (Fsp3) is 0.524. The van der Waals surface area contributed by atoms with Gasteiger partial charge >= 0.3 is 5.97 Å². The monoisotopic (exact) mass is 885 g/mol. The Labute approximate surface area is 360 Å². The maximum absolute atomic E-state index is 16.2. The van der Waals surface area contributed by atoms with Crippen molar-refractivity contribution in [3.8, 4) is 11.3 Å². The van der Waals surface area contributed by atoms with Crippen LogP contribution in [0.15, 0.2) is 54.7 Å². The molecule has 1 spiro atoms. The van der Waals surface area contributed by atoms with E-state index < -0.39 is 92.0 Å². The van der Waals surface area contributed by atoms with Crippen LogP contribution in [0.1, 0.15) is 63.9 Å². The fourth-order valence-electron chi connectivity index (χ4n) is 9.68. The minimum Gasteiger partial charge on any atom is -0.480 e. The number of rotatable bonds is 14. The minimum absolute atomic E-state index is 0.00565. The zero-order valence-corrected chi connectivity index (χ0v) is 35.6. The molecule has 1 saturated carbocycles. The van der Waals surface area contributed by atoms with Crippen LogP contribution in [0.4, 0.5) is 13.2 Å². The van der Waals surface area contributed by atoms with E-state index in [9.17, 15) is 33.5 Å². The van der Waals surface area contributed by atoms with E-state index in [0.717, 1.165) is 35.5 Å². The number of amides is 4. The first-order chi connectivity index (χ1) is 28.7. The van der Waals surface area contributed by atoms with E-state index in [2.05, 4.69) is 33.9 Å². The molecule has 3 saturated heterocycles. The molecule has 4 aliphatic rings. The van der Waals surface area contributed by atoms with Gasteiger partial charge in [0.05, 0.1) is 23.0 Å². The first kappa shape index (κ1) is 44.5. The Balaban J connectivity index is 1.18. The van der Waals surface area contributed by atoms with Gasteiger partial charge in [-0.2, -0.15) is 0 Å². The number of thioether (sulfide) groups is 1. The Hall–Kier alpha value is -4.59. The smallest absolute Gasteiger partial charge is 0.327 e. The lowest BCUT2D eigenvalue weighted by molar-refractivity contribution is -0.212. The summed E-state index contributed by atoms with van der Waals surface area (Å²) < 4.78 is 47.9. The van der Waals surface area contributed by atoms with Crippen LogP contribution < -0.4 is 21.3 Å². The summed E-state index contributed by atoms with van der Waals surface area (Å²) in [5.41, 5.74) is -3.07. The molecule has 1 aliphatic carbocycles. The predicted molar refractivity (Wildman–Crippen MR) is 223 cm³/mol. The van der Waals surface area contributed by atoms with Crippen LogP contribution in [-0.2, 0) is 30.5 Å². The highest BCUT2D eigenvalue weighted by molar-refractivity contribution is 8.00. The van der Waals surface area contributed by atoms with Crippen LogP contribution in [0.25, 0.3) is 11.3 Å². The number of carboxylic acid groups (broad SMARTS) is 1. The summed E-state index contributed by atoms with van der Waals surface area (Å²) in [7, 11) is 0. The van der Waals surface area contributed by atoms with Gasteiger partial charge in [-0.3, -0.25) is 19.2 Å². The largest absolute Gasteiger partial charge is 0.480 e. The van der Waals surface area contributed by atoms with Crippen molar-refractivity contribution in [2.45, 2.75) is 87.0 Å². The average molecular weight is 886 g/mol. The average Bonchev–Trinajstić information content (AvgIpc) is 3.57. The maximum atomic E-state index is 16.2. The van der Waals surface area contributed by atoms with Crippen LogP contribution in [-0.4, -0.2) is 114 Å². The molecule has 3 unspecified atom stereocenters. The number of aromatic nitrogens is 2. The molecule has 14 nitrogen and oxygen atoms in total. The second-order valence-electron chi connectivity index (χ2n) is 17.5. The summed E-state index contributed by atoms with van der Waals surface area (Å²) in [6.45, 7) is 5.07. The number of carbonyl (C=O) groups excluding carboxylic acids is 4. The number of alkyl halides is 1. The first-order valence-corrected chi connectivity index (χ1v) is 21.7. The van der Waals surface area contributed by atoms with Crippen molar-refractivity contribution < 1.29 is 47.4 Å². The standard InChI is InChI=1S/C42H50F3N7O7S2/c1-39(2,17-32(54)47-14-13-46-31(53)16-29-35(55)50-28(20-61-29)36(56)57)33(52-22-41-12-11-30(41)40(3,45)21-48-37(41)42(59,60)38(52)58)34-49-27(25-15-24(43)9-10-26(25)44)19-51(34)18-23-7-5-4-6-8-23/h4-10,15,19,28-30,33,37,48,59-60H,11-14,16-18,20-22H2,1-3H3,(H,46,53)(H,47,54)(H,50,55)(H,56,57)/t28-,29?,30?,33-,37?,40-,41-,42-/m0/s1. The van der Waals surface area contributed by atoms with E-state index in [-0.39, 0.29) is 68.4 Å². The number of likely N-dealkylation sites (tertiary alicyclic amines) is 1. The molecule has 3 aliphatic heterocycles. The summed E-state index contributed by atoms with van der Waals surface area (Å²) in [5, 5.41) is 31.4. The fourth-order valence-corrected chi connectivity index (χ4v) is 11.3. The molecular formula is C42H50F3N7O7S2. The molecule has 4 heterocycles. The Bertz CT molecular complexity index is 2210. The number of halogens is 3. The molecule has 19 heteroatoms. The number of nitrogens with one attached hydrogen (secondary N) is 4. The molecule has 0 radical (unpaired) electrons. The number of thiol groups is 1. The Kier molecular flexibility index (Phi) is 12.3. The minimum atomic E-state index is -2.30. The lowest BCUT2D eigenvalue weighted by Gasteiger charge is -2.68. The van der Waals surface area contributed by atoms with Gasteiger partial charge in [0.1, 0.15) is 29.2 Å². The number of benzene rings is 2. The molecule has 328 valence electrons. The Morgan fingerprint density at radius 1 is 1.10 bits per heavy atom. The third-order valence-electron chi connectivity index (χ3n) is 12.6. The molecule has 4 fully saturated rings. The number of carbonyl (C=O) groups is 5. The number of imidazole rings is 1. The van der Waals surface area contributed by atoms with Crippen molar-refractivity contribution >= 4 is 54.0 Å². The highest BCUT2D eigenvalue weighted by atomic mass is 32.2. The van der Waals surface area contributed by atoms with Crippen molar-refractivity contribution in [2.24, 2.45) is 16.7 Å². The van der Waals surface area contributed by atoms with Gasteiger partial charge in [-0.15, -0.1) is 24.4 Å². The van der Waals surface area contributed by atoms with Gasteiger partial charge in [0.15, 0.2) is 0 Å². The third kappa shape index (κ3) is 8.75. The van der Waals surface area contributed by atoms with Crippen LogP contribution in [0, 0.1) is 28.4 Å². The molecule has 3 aromatic rings. The lowest BCUT2D eigenvalue weighted by atomic mass is 9.47. The molecule has 2 aromatic carbocycles. The second kappa shape index (κ2) is 16.9. The predicted octanol–water partition coefficient (Wildman–Crippen LogP) is 3.20. The number of piperidine rings is 2. The van der Waals surface area contributed by atoms with Crippen molar-refractivity contribution in [1.82, 2.24) is 35.7 Å². The second-order valence-corrected chi connectivity index (χ2v) is 19.4. The van der Waals surface area contributed by atoms with Gasteiger partial charge in [0.25, 0.3) is 5.91 Å². The highest BCUT2D eigenvalue weighted by Crippen LogP contribution is 2.63. The summed E-state index contributed by atoms with van der Waals surface area (Å²) in [6.07, 6.45) is 2.13. The normalized spacial score (nSPS) is 29.1. The zero-order valence-electron chi connectivity index (χ0n) is 33.9. The molecule has 0 bridgehead atoms. The number of hydrogen-bond acceptors (Lipinski definition) is 10.